The van der Waals surface area contributed by atoms with Gasteiger partial charge in [0.25, 0.3) is 0 Å². The Morgan fingerprint density at radius 2 is 2.09 bits per heavy atom. The minimum absolute atomic E-state index is 0.218. The average molecular weight is 300 g/mol. The third-order valence-corrected chi connectivity index (χ3v) is 4.46. The molecule has 1 atom stereocenters. The number of pyridine rings is 1. The Labute approximate surface area is 129 Å². The molecule has 1 fully saturated rings. The van der Waals surface area contributed by atoms with Crippen LogP contribution in [0.25, 0.3) is 10.9 Å². The van der Waals surface area contributed by atoms with Gasteiger partial charge in [-0.25, -0.2) is 9.78 Å². The van der Waals surface area contributed by atoms with Crippen LogP contribution in [0.4, 0.5) is 5.82 Å². The maximum atomic E-state index is 11.2. The second-order valence-electron chi connectivity index (χ2n) is 6.43. The number of carboxylic acids is 1. The quantitative estimate of drug-likeness (QED) is 0.911. The summed E-state index contributed by atoms with van der Waals surface area (Å²) in [4.78, 5) is 18.0. The minimum atomic E-state index is -0.941. The molecule has 1 aromatic carbocycles. The van der Waals surface area contributed by atoms with Gasteiger partial charge >= 0.3 is 5.97 Å². The number of benzene rings is 1. The van der Waals surface area contributed by atoms with Crippen molar-refractivity contribution in [2.45, 2.75) is 25.9 Å². The second kappa shape index (κ2) is 5.25. The van der Waals surface area contributed by atoms with E-state index in [0.29, 0.717) is 10.9 Å². The SMILES string of the molecule is CC(C)(O)[C@H]1CCN(c2ccc3c(C(=O)O)cccc3n2)C1. The standard InChI is InChI=1S/C17H20N2O3/c1-17(2,22)11-8-9-19(10-11)15-7-6-12-13(16(20)21)4-3-5-14(12)18-15/h3-7,11,22H,8-10H2,1-2H3,(H,20,21)/t11-/m0/s1. The van der Waals surface area contributed by atoms with Crippen LogP contribution < -0.4 is 4.90 Å². The number of fused-ring (bicyclic) bond motifs is 1. The normalized spacial score (nSPS) is 18.9. The molecular formula is C17H20N2O3. The van der Waals surface area contributed by atoms with Gasteiger partial charge in [0, 0.05) is 24.4 Å². The van der Waals surface area contributed by atoms with Crippen molar-refractivity contribution in [3.63, 3.8) is 0 Å². The van der Waals surface area contributed by atoms with Gasteiger partial charge in [0.1, 0.15) is 5.82 Å². The number of carbonyl (C=O) groups is 1. The molecule has 1 aliphatic heterocycles. The molecule has 0 bridgehead atoms. The van der Waals surface area contributed by atoms with Crippen LogP contribution in [0.3, 0.4) is 0 Å². The summed E-state index contributed by atoms with van der Waals surface area (Å²) in [5.41, 5.74) is 0.263. The second-order valence-corrected chi connectivity index (χ2v) is 6.43. The highest BCUT2D eigenvalue weighted by Crippen LogP contribution is 2.30. The Morgan fingerprint density at radius 1 is 1.32 bits per heavy atom. The summed E-state index contributed by atoms with van der Waals surface area (Å²) in [5, 5.41) is 20.0. The van der Waals surface area contributed by atoms with Gasteiger partial charge in [0.05, 0.1) is 16.7 Å². The molecule has 22 heavy (non-hydrogen) atoms. The number of aromatic nitrogens is 1. The zero-order valence-electron chi connectivity index (χ0n) is 12.8. The number of rotatable bonds is 3. The fourth-order valence-electron chi connectivity index (χ4n) is 3.05. The lowest BCUT2D eigenvalue weighted by Crippen LogP contribution is -2.33. The van der Waals surface area contributed by atoms with Gasteiger partial charge in [-0.15, -0.1) is 0 Å². The van der Waals surface area contributed by atoms with Gasteiger partial charge < -0.3 is 15.1 Å². The predicted octanol–water partition coefficient (Wildman–Crippen LogP) is 2.53. The summed E-state index contributed by atoms with van der Waals surface area (Å²) in [5.74, 6) is 0.112. The molecule has 5 heteroatoms. The summed E-state index contributed by atoms with van der Waals surface area (Å²) in [6.45, 7) is 5.30. The lowest BCUT2D eigenvalue weighted by molar-refractivity contribution is 0.0263. The topological polar surface area (TPSA) is 73.7 Å². The summed E-state index contributed by atoms with van der Waals surface area (Å²) < 4.78 is 0. The number of aromatic carboxylic acids is 1. The first-order chi connectivity index (χ1) is 10.4. The van der Waals surface area contributed by atoms with Gasteiger partial charge in [0.15, 0.2) is 0 Å². The van der Waals surface area contributed by atoms with Crippen LogP contribution >= 0.6 is 0 Å². The van der Waals surface area contributed by atoms with Crippen molar-refractivity contribution in [1.29, 1.82) is 0 Å². The molecule has 0 unspecified atom stereocenters. The smallest absolute Gasteiger partial charge is 0.336 e. The van der Waals surface area contributed by atoms with Crippen molar-refractivity contribution >= 4 is 22.7 Å². The maximum absolute atomic E-state index is 11.2. The Hall–Kier alpha value is -2.14. The van der Waals surface area contributed by atoms with Gasteiger partial charge in [-0.3, -0.25) is 0 Å². The highest BCUT2D eigenvalue weighted by Gasteiger charge is 2.34. The average Bonchev–Trinajstić information content (AvgIpc) is 2.95. The Kier molecular flexibility index (Phi) is 3.53. The monoisotopic (exact) mass is 300 g/mol. The molecule has 5 nitrogen and oxygen atoms in total. The zero-order chi connectivity index (χ0) is 15.9. The molecule has 2 aromatic rings. The molecule has 1 aliphatic rings. The van der Waals surface area contributed by atoms with Crippen molar-refractivity contribution in [3.05, 3.63) is 35.9 Å². The largest absolute Gasteiger partial charge is 0.478 e. The van der Waals surface area contributed by atoms with E-state index in [4.69, 9.17) is 0 Å². The van der Waals surface area contributed by atoms with Crippen molar-refractivity contribution in [2.24, 2.45) is 5.92 Å². The van der Waals surface area contributed by atoms with E-state index in [1.807, 2.05) is 32.0 Å². The fraction of sp³-hybridized carbons (Fsp3) is 0.412. The first kappa shape index (κ1) is 14.8. The number of anilines is 1. The first-order valence-corrected chi connectivity index (χ1v) is 7.46. The van der Waals surface area contributed by atoms with Crippen LogP contribution in [-0.4, -0.2) is 39.9 Å². The van der Waals surface area contributed by atoms with Crippen molar-refractivity contribution in [3.8, 4) is 0 Å². The van der Waals surface area contributed by atoms with Crippen LogP contribution in [0, 0.1) is 5.92 Å². The van der Waals surface area contributed by atoms with Crippen LogP contribution in [0.2, 0.25) is 0 Å². The molecule has 1 aromatic heterocycles. The van der Waals surface area contributed by atoms with Crippen LogP contribution in [-0.2, 0) is 0 Å². The van der Waals surface area contributed by atoms with Gasteiger partial charge in [-0.2, -0.15) is 0 Å². The lowest BCUT2D eigenvalue weighted by Gasteiger charge is -2.26. The first-order valence-electron chi connectivity index (χ1n) is 7.46. The van der Waals surface area contributed by atoms with Crippen LogP contribution in [0.5, 0.6) is 0 Å². The summed E-state index contributed by atoms with van der Waals surface area (Å²) in [6.07, 6.45) is 0.929. The molecule has 3 rings (SSSR count). The molecule has 2 N–H and O–H groups in total. The van der Waals surface area contributed by atoms with Gasteiger partial charge in [-0.1, -0.05) is 6.07 Å². The zero-order valence-corrected chi connectivity index (χ0v) is 12.8. The van der Waals surface area contributed by atoms with Gasteiger partial charge in [-0.05, 0) is 44.5 Å². The Morgan fingerprint density at radius 3 is 2.73 bits per heavy atom. The third kappa shape index (κ3) is 2.64. The van der Waals surface area contributed by atoms with E-state index < -0.39 is 11.6 Å². The van der Waals surface area contributed by atoms with E-state index in [0.717, 1.165) is 25.3 Å². The summed E-state index contributed by atoms with van der Waals surface area (Å²) in [7, 11) is 0. The fourth-order valence-corrected chi connectivity index (χ4v) is 3.05. The molecule has 0 spiro atoms. The van der Waals surface area contributed by atoms with E-state index in [1.54, 1.807) is 12.1 Å². The molecule has 0 saturated carbocycles. The molecule has 2 heterocycles. The number of hydrogen-bond acceptors (Lipinski definition) is 4. The molecular weight excluding hydrogens is 280 g/mol. The highest BCUT2D eigenvalue weighted by molar-refractivity contribution is 6.02. The van der Waals surface area contributed by atoms with Crippen LogP contribution in [0.1, 0.15) is 30.6 Å². The Bertz CT molecular complexity index is 721. The van der Waals surface area contributed by atoms with Gasteiger partial charge in [0.2, 0.25) is 0 Å². The molecule has 116 valence electrons. The minimum Gasteiger partial charge on any atom is -0.478 e. The van der Waals surface area contributed by atoms with E-state index in [9.17, 15) is 15.0 Å². The highest BCUT2D eigenvalue weighted by atomic mass is 16.4. The number of hydrogen-bond donors (Lipinski definition) is 2. The lowest BCUT2D eigenvalue weighted by atomic mass is 9.90. The molecule has 0 aliphatic carbocycles. The van der Waals surface area contributed by atoms with E-state index in [1.165, 1.54) is 0 Å². The number of aliphatic hydroxyl groups is 1. The third-order valence-electron chi connectivity index (χ3n) is 4.46. The predicted molar refractivity (Wildman–Crippen MR) is 85.3 cm³/mol. The van der Waals surface area contributed by atoms with E-state index in [-0.39, 0.29) is 11.5 Å². The summed E-state index contributed by atoms with van der Waals surface area (Å²) in [6, 6.07) is 8.81. The van der Waals surface area contributed by atoms with E-state index >= 15 is 0 Å². The maximum Gasteiger partial charge on any atom is 0.336 e. The summed E-state index contributed by atoms with van der Waals surface area (Å²) >= 11 is 0. The van der Waals surface area contributed by atoms with Crippen molar-refractivity contribution in [2.75, 3.05) is 18.0 Å². The number of nitrogens with zero attached hydrogens (tertiary/aromatic N) is 2. The van der Waals surface area contributed by atoms with Crippen molar-refractivity contribution in [1.82, 2.24) is 4.98 Å². The van der Waals surface area contributed by atoms with Crippen LogP contribution in [0.15, 0.2) is 30.3 Å². The molecule has 0 radical (unpaired) electrons. The number of carboxylic acid groups (broad SMARTS) is 1. The van der Waals surface area contributed by atoms with E-state index in [2.05, 4.69) is 9.88 Å². The molecule has 0 amide bonds. The van der Waals surface area contributed by atoms with Crippen molar-refractivity contribution < 1.29 is 15.0 Å². The molecule has 1 saturated heterocycles. The Balaban J connectivity index is 1.92.